The first-order chi connectivity index (χ1) is 16.5. The van der Waals surface area contributed by atoms with Crippen molar-refractivity contribution >= 4 is 35.4 Å². The van der Waals surface area contributed by atoms with E-state index in [1.165, 1.54) is 28.6 Å². The second kappa shape index (κ2) is 11.2. The van der Waals surface area contributed by atoms with Crippen LogP contribution in [-0.4, -0.2) is 38.6 Å². The molecule has 0 aliphatic heterocycles. The van der Waals surface area contributed by atoms with Gasteiger partial charge in [-0.2, -0.15) is 9.57 Å². The number of nitro groups is 1. The lowest BCUT2D eigenvalue weighted by molar-refractivity contribution is -0.385. The van der Waals surface area contributed by atoms with Crippen LogP contribution < -0.4 is 0 Å². The fourth-order valence-corrected chi connectivity index (χ4v) is 6.94. The number of nitro benzene ring substituents is 1. The topological polar surface area (TPSA) is 114 Å². The number of hydrogen-bond acceptors (Lipinski definition) is 7. The van der Waals surface area contributed by atoms with Gasteiger partial charge in [0.15, 0.2) is 8.32 Å². The van der Waals surface area contributed by atoms with E-state index in [1.54, 1.807) is 11.4 Å². The van der Waals surface area contributed by atoms with Crippen molar-refractivity contribution in [2.24, 2.45) is 0 Å². The Bertz CT molecular complexity index is 1300. The molecule has 0 aliphatic carbocycles. The molecule has 0 bridgehead atoms. The van der Waals surface area contributed by atoms with Crippen molar-refractivity contribution < 1.29 is 17.8 Å². The second-order valence-corrected chi connectivity index (χ2v) is 16.5. The molecule has 0 radical (unpaired) electrons. The number of thiophene rings is 1. The summed E-state index contributed by atoms with van der Waals surface area (Å²) in [6.07, 6.45) is 0.363. The summed E-state index contributed by atoms with van der Waals surface area (Å²) in [5.74, 6) is 0. The molecule has 3 aromatic rings. The van der Waals surface area contributed by atoms with Gasteiger partial charge in [-0.3, -0.25) is 10.1 Å². The van der Waals surface area contributed by atoms with Crippen LogP contribution in [0.4, 0.5) is 5.69 Å². The first-order valence-corrected chi connectivity index (χ1v) is 16.6. The maximum atomic E-state index is 13.8. The average molecular weight is 530 g/mol. The Hall–Kier alpha value is -2.88. The summed E-state index contributed by atoms with van der Waals surface area (Å²) in [5.41, 5.74) is 1.06. The SMILES string of the molecule is C[Si](C)(C)OC[C@H](Cc1ccccc1)N(Cc1cc(C#N)ccc1[N+](=O)[O-])S(=O)(=O)c1cccs1. The molecule has 0 spiro atoms. The molecule has 0 amide bonds. The van der Waals surface area contributed by atoms with Gasteiger partial charge in [0.2, 0.25) is 0 Å². The van der Waals surface area contributed by atoms with Gasteiger partial charge in [-0.25, -0.2) is 8.42 Å². The van der Waals surface area contributed by atoms with Crippen molar-refractivity contribution in [3.63, 3.8) is 0 Å². The summed E-state index contributed by atoms with van der Waals surface area (Å²) < 4.78 is 35.3. The standard InChI is InChI=1S/C24H27N3O5S2Si/c1-35(2,3)32-18-22(15-19-8-5-4-6-9-19)26(34(30,31)24-10-7-13-33-24)17-21-14-20(16-25)11-12-23(21)27(28)29/h4-14,22H,15,17-18H2,1-3H3/t22-/m0/s1. The van der Waals surface area contributed by atoms with E-state index in [2.05, 4.69) is 0 Å². The van der Waals surface area contributed by atoms with E-state index in [-0.39, 0.29) is 34.2 Å². The predicted octanol–water partition coefficient (Wildman–Crippen LogP) is 5.18. The molecule has 0 saturated heterocycles. The van der Waals surface area contributed by atoms with Gasteiger partial charge < -0.3 is 4.43 Å². The minimum atomic E-state index is -4.02. The molecule has 1 heterocycles. The molecule has 2 aromatic carbocycles. The molecule has 1 aromatic heterocycles. The molecule has 184 valence electrons. The predicted molar refractivity (Wildman–Crippen MR) is 138 cm³/mol. The van der Waals surface area contributed by atoms with E-state index in [0.717, 1.165) is 16.9 Å². The van der Waals surface area contributed by atoms with Crippen molar-refractivity contribution in [3.8, 4) is 6.07 Å². The van der Waals surface area contributed by atoms with Crippen LogP contribution in [0.25, 0.3) is 0 Å². The van der Waals surface area contributed by atoms with Crippen molar-refractivity contribution in [2.45, 2.75) is 42.9 Å². The summed E-state index contributed by atoms with van der Waals surface area (Å²) in [5, 5.41) is 22.8. The highest BCUT2D eigenvalue weighted by atomic mass is 32.2. The van der Waals surface area contributed by atoms with Crippen molar-refractivity contribution in [1.29, 1.82) is 5.26 Å². The minimum Gasteiger partial charge on any atom is -0.416 e. The van der Waals surface area contributed by atoms with Gasteiger partial charge in [0.05, 0.1) is 29.2 Å². The smallest absolute Gasteiger partial charge is 0.274 e. The molecule has 0 saturated carbocycles. The van der Waals surface area contributed by atoms with Crippen LogP contribution in [0.2, 0.25) is 19.6 Å². The third-order valence-corrected chi connectivity index (χ3v) is 9.52. The van der Waals surface area contributed by atoms with Crippen molar-refractivity contribution in [2.75, 3.05) is 6.61 Å². The number of hydrogen-bond donors (Lipinski definition) is 0. The van der Waals surface area contributed by atoms with Crippen LogP contribution >= 0.6 is 11.3 Å². The van der Waals surface area contributed by atoms with Gasteiger partial charge in [0.1, 0.15) is 4.21 Å². The number of rotatable bonds is 11. The molecule has 35 heavy (non-hydrogen) atoms. The van der Waals surface area contributed by atoms with Gasteiger partial charge in [-0.05, 0) is 55.2 Å². The third-order valence-electron chi connectivity index (χ3n) is 5.22. The lowest BCUT2D eigenvalue weighted by atomic mass is 10.1. The van der Waals surface area contributed by atoms with E-state index in [4.69, 9.17) is 4.43 Å². The molecule has 0 aliphatic rings. The normalized spacial score (nSPS) is 12.9. The Labute approximate surface area is 210 Å². The Balaban J connectivity index is 2.13. The fourth-order valence-electron chi connectivity index (χ4n) is 3.54. The molecule has 0 fully saturated rings. The number of sulfonamides is 1. The van der Waals surface area contributed by atoms with Crippen LogP contribution in [0.15, 0.2) is 70.3 Å². The number of benzene rings is 2. The molecule has 3 rings (SSSR count). The van der Waals surface area contributed by atoms with E-state index in [1.807, 2.05) is 56.0 Å². The van der Waals surface area contributed by atoms with Crippen LogP contribution in [0.1, 0.15) is 16.7 Å². The van der Waals surface area contributed by atoms with E-state index < -0.39 is 29.3 Å². The van der Waals surface area contributed by atoms with Crippen LogP contribution in [-0.2, 0) is 27.4 Å². The molecule has 11 heteroatoms. The average Bonchev–Trinajstić information content (AvgIpc) is 3.36. The first kappa shape index (κ1) is 26.7. The highest BCUT2D eigenvalue weighted by Gasteiger charge is 2.35. The molecular formula is C24H27N3O5S2Si. The summed E-state index contributed by atoms with van der Waals surface area (Å²) in [6.45, 7) is 5.93. The Kier molecular flexibility index (Phi) is 8.58. The second-order valence-electron chi connectivity index (χ2n) is 8.96. The van der Waals surface area contributed by atoms with Gasteiger partial charge in [0.25, 0.3) is 15.7 Å². The zero-order valence-electron chi connectivity index (χ0n) is 19.7. The van der Waals surface area contributed by atoms with Crippen LogP contribution in [0.3, 0.4) is 0 Å². The van der Waals surface area contributed by atoms with Crippen LogP contribution in [0, 0.1) is 21.4 Å². The lowest BCUT2D eigenvalue weighted by Gasteiger charge is -2.32. The Morgan fingerprint density at radius 1 is 1.14 bits per heavy atom. The number of nitriles is 1. The fraction of sp³-hybridized carbons (Fsp3) is 0.292. The van der Waals surface area contributed by atoms with E-state index in [9.17, 15) is 23.8 Å². The van der Waals surface area contributed by atoms with Gasteiger partial charge in [-0.15, -0.1) is 11.3 Å². The molecule has 0 N–H and O–H groups in total. The maximum Gasteiger partial charge on any atom is 0.274 e. The quantitative estimate of drug-likeness (QED) is 0.192. The van der Waals surface area contributed by atoms with Gasteiger partial charge in [-0.1, -0.05) is 36.4 Å². The molecule has 1 atom stereocenters. The Morgan fingerprint density at radius 2 is 1.86 bits per heavy atom. The highest BCUT2D eigenvalue weighted by Crippen LogP contribution is 2.30. The van der Waals surface area contributed by atoms with E-state index >= 15 is 0 Å². The third kappa shape index (κ3) is 7.06. The zero-order chi connectivity index (χ0) is 25.6. The first-order valence-electron chi connectivity index (χ1n) is 10.9. The monoisotopic (exact) mass is 529 g/mol. The van der Waals surface area contributed by atoms with Crippen molar-refractivity contribution in [1.82, 2.24) is 4.31 Å². The molecule has 8 nitrogen and oxygen atoms in total. The summed E-state index contributed by atoms with van der Waals surface area (Å²) in [7, 11) is -6.04. The summed E-state index contributed by atoms with van der Waals surface area (Å²) in [6, 6.07) is 18.0. The zero-order valence-corrected chi connectivity index (χ0v) is 22.4. The Morgan fingerprint density at radius 3 is 2.43 bits per heavy atom. The summed E-state index contributed by atoms with van der Waals surface area (Å²) >= 11 is 1.09. The lowest BCUT2D eigenvalue weighted by Crippen LogP contribution is -2.45. The van der Waals surface area contributed by atoms with E-state index in [0.29, 0.717) is 6.42 Å². The van der Waals surface area contributed by atoms with Crippen LogP contribution in [0.5, 0.6) is 0 Å². The number of nitrogens with zero attached hydrogens (tertiary/aromatic N) is 3. The highest BCUT2D eigenvalue weighted by molar-refractivity contribution is 7.91. The maximum absolute atomic E-state index is 13.8. The largest absolute Gasteiger partial charge is 0.416 e. The minimum absolute atomic E-state index is 0.140. The summed E-state index contributed by atoms with van der Waals surface area (Å²) in [4.78, 5) is 11.2. The van der Waals surface area contributed by atoms with Crippen molar-refractivity contribution in [3.05, 3.63) is 92.8 Å². The van der Waals surface area contributed by atoms with Gasteiger partial charge >= 0.3 is 0 Å². The van der Waals surface area contributed by atoms with Gasteiger partial charge in [0, 0.05) is 18.2 Å². The molecule has 0 unspecified atom stereocenters. The molecular weight excluding hydrogens is 503 g/mol.